The van der Waals surface area contributed by atoms with Gasteiger partial charge in [-0.3, -0.25) is 0 Å². The van der Waals surface area contributed by atoms with Crippen molar-refractivity contribution in [2.75, 3.05) is 5.32 Å². The molecular weight excluding hydrogens is 232 g/mol. The molecule has 0 aliphatic carbocycles. The molecule has 0 amide bonds. The van der Waals surface area contributed by atoms with Gasteiger partial charge in [0.25, 0.3) is 0 Å². The summed E-state index contributed by atoms with van der Waals surface area (Å²) in [4.78, 5) is 12.3. The zero-order chi connectivity index (χ0) is 10.7. The molecule has 0 aliphatic heterocycles. The van der Waals surface area contributed by atoms with Crippen molar-refractivity contribution in [3.8, 4) is 0 Å². The molecule has 0 radical (unpaired) electrons. The molecule has 0 fully saturated rings. The topological polar surface area (TPSA) is 50.7 Å². The molecule has 6 heteroatoms. The predicted octanol–water partition coefficient (Wildman–Crippen LogP) is 2.51. The smallest absolute Gasteiger partial charge is 0.171 e. The number of hydrogen-bond acceptors (Lipinski definition) is 5. The van der Waals surface area contributed by atoms with Crippen LogP contribution in [0.3, 0.4) is 0 Å². The van der Waals surface area contributed by atoms with Crippen LogP contribution in [0.2, 0.25) is 5.15 Å². The number of halogens is 1. The maximum atomic E-state index is 5.84. The summed E-state index contributed by atoms with van der Waals surface area (Å²) in [5.41, 5.74) is 1.03. The molecule has 15 heavy (non-hydrogen) atoms. The monoisotopic (exact) mass is 240 g/mol. The van der Waals surface area contributed by atoms with E-state index in [4.69, 9.17) is 11.6 Å². The van der Waals surface area contributed by atoms with Gasteiger partial charge in [-0.1, -0.05) is 11.6 Å². The lowest BCUT2D eigenvalue weighted by molar-refractivity contribution is 1.05. The number of aryl methyl sites for hydroxylation is 1. The number of nitrogens with zero attached hydrogens (tertiary/aromatic N) is 3. The summed E-state index contributed by atoms with van der Waals surface area (Å²) in [6, 6.07) is 0. The second-order valence-electron chi connectivity index (χ2n) is 2.93. The van der Waals surface area contributed by atoms with Gasteiger partial charge >= 0.3 is 0 Å². The second-order valence-corrected chi connectivity index (χ2v) is 4.23. The highest BCUT2D eigenvalue weighted by Crippen LogP contribution is 2.16. The number of nitrogens with one attached hydrogen (secondary N) is 1. The van der Waals surface area contributed by atoms with Gasteiger partial charge in [0.15, 0.2) is 11.0 Å². The van der Waals surface area contributed by atoms with Gasteiger partial charge in [0.1, 0.15) is 5.01 Å². The Bertz CT molecular complexity index is 457. The van der Waals surface area contributed by atoms with Gasteiger partial charge in [0, 0.05) is 23.5 Å². The maximum Gasteiger partial charge on any atom is 0.171 e. The van der Waals surface area contributed by atoms with Crippen molar-refractivity contribution in [3.05, 3.63) is 33.6 Å². The normalized spacial score (nSPS) is 10.3. The Kier molecular flexibility index (Phi) is 3.13. The largest absolute Gasteiger partial charge is 0.361 e. The summed E-state index contributed by atoms with van der Waals surface area (Å²) < 4.78 is 0. The minimum absolute atomic E-state index is 0.380. The highest BCUT2D eigenvalue weighted by molar-refractivity contribution is 7.09. The quantitative estimate of drug-likeness (QED) is 0.896. The van der Waals surface area contributed by atoms with Crippen LogP contribution in [0.5, 0.6) is 0 Å². The van der Waals surface area contributed by atoms with Crippen LogP contribution in [0.1, 0.15) is 10.7 Å². The highest BCUT2D eigenvalue weighted by atomic mass is 35.5. The maximum absolute atomic E-state index is 5.84. The summed E-state index contributed by atoms with van der Waals surface area (Å²) in [5, 5.41) is 6.48. The number of aromatic nitrogens is 3. The Morgan fingerprint density at radius 1 is 1.40 bits per heavy atom. The minimum atomic E-state index is 0.380. The lowest BCUT2D eigenvalue weighted by Crippen LogP contribution is -2.02. The molecule has 4 nitrogen and oxygen atoms in total. The van der Waals surface area contributed by atoms with Crippen LogP contribution in [-0.2, 0) is 6.54 Å². The van der Waals surface area contributed by atoms with Crippen LogP contribution in [0.25, 0.3) is 0 Å². The van der Waals surface area contributed by atoms with Crippen molar-refractivity contribution in [1.82, 2.24) is 15.0 Å². The van der Waals surface area contributed by atoms with E-state index in [0.29, 0.717) is 17.5 Å². The van der Waals surface area contributed by atoms with Crippen LogP contribution in [0.15, 0.2) is 17.8 Å². The lowest BCUT2D eigenvalue weighted by Gasteiger charge is -2.03. The highest BCUT2D eigenvalue weighted by Gasteiger charge is 2.03. The Hall–Kier alpha value is -1.20. The molecule has 0 saturated carbocycles. The minimum Gasteiger partial charge on any atom is -0.361 e. The molecule has 0 saturated heterocycles. The Labute approximate surface area is 96.4 Å². The van der Waals surface area contributed by atoms with Crippen LogP contribution < -0.4 is 5.32 Å². The van der Waals surface area contributed by atoms with Crippen molar-refractivity contribution in [3.63, 3.8) is 0 Å². The van der Waals surface area contributed by atoms with Crippen LogP contribution in [0, 0.1) is 6.92 Å². The van der Waals surface area contributed by atoms with E-state index in [9.17, 15) is 0 Å². The van der Waals surface area contributed by atoms with E-state index < -0.39 is 0 Å². The van der Waals surface area contributed by atoms with Crippen molar-refractivity contribution in [2.45, 2.75) is 13.5 Å². The first-order chi connectivity index (χ1) is 7.25. The van der Waals surface area contributed by atoms with E-state index in [0.717, 1.165) is 10.7 Å². The molecule has 2 rings (SSSR count). The lowest BCUT2D eigenvalue weighted by atomic mass is 10.5. The number of thiazole rings is 1. The van der Waals surface area contributed by atoms with Gasteiger partial charge in [0.05, 0.1) is 6.54 Å². The summed E-state index contributed by atoms with van der Waals surface area (Å²) in [6.45, 7) is 2.59. The molecule has 2 aromatic rings. The molecular formula is C9H9ClN4S. The van der Waals surface area contributed by atoms with Gasteiger partial charge < -0.3 is 5.32 Å². The third-order valence-electron chi connectivity index (χ3n) is 1.73. The fourth-order valence-electron chi connectivity index (χ4n) is 1.08. The summed E-state index contributed by atoms with van der Waals surface area (Å²) >= 11 is 7.45. The van der Waals surface area contributed by atoms with E-state index in [-0.39, 0.29) is 0 Å². The Morgan fingerprint density at radius 2 is 2.20 bits per heavy atom. The zero-order valence-corrected chi connectivity index (χ0v) is 9.64. The summed E-state index contributed by atoms with van der Waals surface area (Å²) in [7, 11) is 0. The van der Waals surface area contributed by atoms with E-state index in [1.807, 2.05) is 12.3 Å². The van der Waals surface area contributed by atoms with Crippen molar-refractivity contribution >= 4 is 28.8 Å². The Morgan fingerprint density at radius 3 is 2.87 bits per heavy atom. The van der Waals surface area contributed by atoms with Gasteiger partial charge in [-0.15, -0.1) is 11.3 Å². The van der Waals surface area contributed by atoms with Crippen molar-refractivity contribution < 1.29 is 0 Å². The molecule has 0 atom stereocenters. The molecule has 2 aromatic heterocycles. The molecule has 0 aromatic carbocycles. The molecule has 1 N–H and O–H groups in total. The predicted molar refractivity (Wildman–Crippen MR) is 61.2 cm³/mol. The van der Waals surface area contributed by atoms with E-state index in [1.54, 1.807) is 23.7 Å². The van der Waals surface area contributed by atoms with Crippen molar-refractivity contribution in [2.24, 2.45) is 0 Å². The molecule has 2 heterocycles. The van der Waals surface area contributed by atoms with E-state index >= 15 is 0 Å². The first kappa shape index (κ1) is 10.3. The first-order valence-electron chi connectivity index (χ1n) is 4.37. The SMILES string of the molecule is Cc1csc(CNc2nccnc2Cl)n1. The van der Waals surface area contributed by atoms with E-state index in [2.05, 4.69) is 20.3 Å². The van der Waals surface area contributed by atoms with Crippen LogP contribution in [-0.4, -0.2) is 15.0 Å². The zero-order valence-electron chi connectivity index (χ0n) is 8.07. The van der Waals surface area contributed by atoms with Gasteiger partial charge in [-0.05, 0) is 6.92 Å². The third-order valence-corrected chi connectivity index (χ3v) is 2.97. The molecule has 0 aliphatic rings. The second kappa shape index (κ2) is 4.55. The molecule has 78 valence electrons. The van der Waals surface area contributed by atoms with Gasteiger partial charge in [0.2, 0.25) is 0 Å². The Balaban J connectivity index is 2.02. The molecule has 0 spiro atoms. The average Bonchev–Trinajstić information content (AvgIpc) is 2.63. The average molecular weight is 241 g/mol. The molecule has 0 unspecified atom stereocenters. The van der Waals surface area contributed by atoms with E-state index in [1.165, 1.54) is 0 Å². The van der Waals surface area contributed by atoms with Gasteiger partial charge in [-0.2, -0.15) is 0 Å². The fourth-order valence-corrected chi connectivity index (χ4v) is 1.97. The van der Waals surface area contributed by atoms with Crippen LogP contribution >= 0.6 is 22.9 Å². The fraction of sp³-hybridized carbons (Fsp3) is 0.222. The van der Waals surface area contributed by atoms with Gasteiger partial charge in [-0.25, -0.2) is 15.0 Å². The number of hydrogen-bond donors (Lipinski definition) is 1. The summed E-state index contributed by atoms with van der Waals surface area (Å²) in [5.74, 6) is 0.590. The number of rotatable bonds is 3. The van der Waals surface area contributed by atoms with Crippen molar-refractivity contribution in [1.29, 1.82) is 0 Å². The molecule has 0 bridgehead atoms. The van der Waals surface area contributed by atoms with Crippen LogP contribution in [0.4, 0.5) is 5.82 Å². The first-order valence-corrected chi connectivity index (χ1v) is 5.63. The summed E-state index contributed by atoms with van der Waals surface area (Å²) in [6.07, 6.45) is 3.16. The standard InChI is InChI=1S/C9H9ClN4S/c1-6-5-15-7(14-6)4-13-9-8(10)11-2-3-12-9/h2-3,5H,4H2,1H3,(H,12,13). The number of anilines is 1. The third kappa shape index (κ3) is 2.64.